The van der Waals surface area contributed by atoms with Gasteiger partial charge in [-0.05, 0) is 31.0 Å². The van der Waals surface area contributed by atoms with E-state index in [1.54, 1.807) is 12.1 Å². The molecular formula is C15H16ClFO2. The van der Waals surface area contributed by atoms with Crippen LogP contribution in [0.25, 0.3) is 0 Å². The van der Waals surface area contributed by atoms with Crippen molar-refractivity contribution in [3.05, 3.63) is 29.6 Å². The van der Waals surface area contributed by atoms with E-state index in [9.17, 15) is 4.39 Å². The van der Waals surface area contributed by atoms with E-state index in [0.717, 1.165) is 25.9 Å². The highest BCUT2D eigenvalue weighted by Gasteiger charge is 2.15. The zero-order valence-electron chi connectivity index (χ0n) is 10.6. The predicted molar refractivity (Wildman–Crippen MR) is 73.1 cm³/mol. The summed E-state index contributed by atoms with van der Waals surface area (Å²) in [5, 5.41) is 0. The molecule has 19 heavy (non-hydrogen) atoms. The first-order chi connectivity index (χ1) is 9.29. The van der Waals surface area contributed by atoms with Crippen LogP contribution in [0.1, 0.15) is 24.8 Å². The van der Waals surface area contributed by atoms with Crippen molar-refractivity contribution in [2.24, 2.45) is 0 Å². The summed E-state index contributed by atoms with van der Waals surface area (Å²) in [4.78, 5) is 0. The number of benzene rings is 1. The Balaban J connectivity index is 1.90. The van der Waals surface area contributed by atoms with Gasteiger partial charge in [0.2, 0.25) is 0 Å². The Morgan fingerprint density at radius 1 is 1.47 bits per heavy atom. The quantitative estimate of drug-likeness (QED) is 0.623. The van der Waals surface area contributed by atoms with E-state index in [0.29, 0.717) is 12.2 Å². The number of hydrogen-bond donors (Lipinski definition) is 0. The fourth-order valence-electron chi connectivity index (χ4n) is 2.00. The second kappa shape index (κ2) is 7.37. The standard InChI is InChI=1S/C15H16ClFO2/c16-8-1-3-12-5-6-14(17)15(11-12)19-10-7-13-4-2-9-18-13/h5-6,11,13H,2,4,7-10H2. The van der Waals surface area contributed by atoms with Gasteiger partial charge in [0.1, 0.15) is 0 Å². The van der Waals surface area contributed by atoms with Gasteiger partial charge in [-0.2, -0.15) is 0 Å². The Morgan fingerprint density at radius 3 is 3.11 bits per heavy atom. The highest BCUT2D eigenvalue weighted by molar-refractivity contribution is 6.19. The van der Waals surface area contributed by atoms with Crippen LogP contribution in [0.4, 0.5) is 4.39 Å². The molecule has 1 atom stereocenters. The maximum atomic E-state index is 13.6. The average molecular weight is 283 g/mol. The van der Waals surface area contributed by atoms with E-state index in [-0.39, 0.29) is 23.6 Å². The van der Waals surface area contributed by atoms with Gasteiger partial charge in [0.25, 0.3) is 0 Å². The van der Waals surface area contributed by atoms with Crippen molar-refractivity contribution in [1.82, 2.24) is 0 Å². The van der Waals surface area contributed by atoms with Gasteiger partial charge in [-0.1, -0.05) is 11.8 Å². The first-order valence-electron chi connectivity index (χ1n) is 6.38. The maximum Gasteiger partial charge on any atom is 0.165 e. The Bertz CT molecular complexity index is 473. The third kappa shape index (κ3) is 4.41. The zero-order valence-corrected chi connectivity index (χ0v) is 11.4. The summed E-state index contributed by atoms with van der Waals surface area (Å²) in [6.45, 7) is 1.27. The number of hydrogen-bond acceptors (Lipinski definition) is 2. The highest BCUT2D eigenvalue weighted by Crippen LogP contribution is 2.20. The third-order valence-electron chi connectivity index (χ3n) is 2.95. The second-order valence-electron chi connectivity index (χ2n) is 4.35. The van der Waals surface area contributed by atoms with Crippen molar-refractivity contribution in [2.75, 3.05) is 19.1 Å². The summed E-state index contributed by atoms with van der Waals surface area (Å²) >= 11 is 5.49. The van der Waals surface area contributed by atoms with E-state index < -0.39 is 0 Å². The van der Waals surface area contributed by atoms with Crippen LogP contribution in [0, 0.1) is 17.7 Å². The third-order valence-corrected chi connectivity index (χ3v) is 3.09. The molecule has 0 radical (unpaired) electrons. The van der Waals surface area contributed by atoms with Crippen LogP contribution >= 0.6 is 11.6 Å². The smallest absolute Gasteiger partial charge is 0.165 e. The monoisotopic (exact) mass is 282 g/mol. The Labute approximate surface area is 117 Å². The molecule has 0 amide bonds. The molecule has 4 heteroatoms. The molecule has 0 aromatic heterocycles. The minimum absolute atomic E-state index is 0.236. The van der Waals surface area contributed by atoms with Gasteiger partial charge in [0.15, 0.2) is 11.6 Å². The molecule has 0 aliphatic carbocycles. The lowest BCUT2D eigenvalue weighted by atomic mass is 10.2. The predicted octanol–water partition coefficient (Wildman–Crippen LogP) is 3.36. The summed E-state index contributed by atoms with van der Waals surface area (Å²) in [5.41, 5.74) is 0.703. The molecule has 1 fully saturated rings. The summed E-state index contributed by atoms with van der Waals surface area (Å²) in [6, 6.07) is 4.58. The molecule has 102 valence electrons. The van der Waals surface area contributed by atoms with Gasteiger partial charge < -0.3 is 9.47 Å². The maximum absolute atomic E-state index is 13.6. The topological polar surface area (TPSA) is 18.5 Å². The molecular weight excluding hydrogens is 267 g/mol. The van der Waals surface area contributed by atoms with Crippen LogP contribution in [0.3, 0.4) is 0 Å². The fraction of sp³-hybridized carbons (Fsp3) is 0.467. The van der Waals surface area contributed by atoms with Crippen LogP contribution in [-0.4, -0.2) is 25.2 Å². The number of ether oxygens (including phenoxy) is 2. The van der Waals surface area contributed by atoms with E-state index in [1.165, 1.54) is 6.07 Å². The molecule has 1 aromatic rings. The molecule has 0 saturated carbocycles. The Hall–Kier alpha value is -1.24. The number of rotatable bonds is 4. The number of alkyl halides is 1. The normalized spacial score (nSPS) is 17.9. The van der Waals surface area contributed by atoms with Crippen LogP contribution < -0.4 is 4.74 Å². The molecule has 1 unspecified atom stereocenters. The lowest BCUT2D eigenvalue weighted by Gasteiger charge is -2.11. The van der Waals surface area contributed by atoms with E-state index in [4.69, 9.17) is 21.1 Å². The van der Waals surface area contributed by atoms with Crippen LogP contribution in [0.5, 0.6) is 5.75 Å². The molecule has 0 spiro atoms. The van der Waals surface area contributed by atoms with E-state index in [1.807, 2.05) is 0 Å². The lowest BCUT2D eigenvalue weighted by molar-refractivity contribution is 0.0897. The highest BCUT2D eigenvalue weighted by atomic mass is 35.5. The van der Waals surface area contributed by atoms with E-state index >= 15 is 0 Å². The minimum Gasteiger partial charge on any atom is -0.490 e. The molecule has 1 saturated heterocycles. The molecule has 0 bridgehead atoms. The second-order valence-corrected chi connectivity index (χ2v) is 4.62. The van der Waals surface area contributed by atoms with Crippen LogP contribution in [-0.2, 0) is 4.74 Å². The first-order valence-corrected chi connectivity index (χ1v) is 6.92. The van der Waals surface area contributed by atoms with Gasteiger partial charge in [-0.15, -0.1) is 11.6 Å². The molecule has 1 aliphatic heterocycles. The van der Waals surface area contributed by atoms with Crippen molar-refractivity contribution in [2.45, 2.75) is 25.4 Å². The van der Waals surface area contributed by atoms with Gasteiger partial charge >= 0.3 is 0 Å². The van der Waals surface area contributed by atoms with Crippen molar-refractivity contribution in [3.8, 4) is 17.6 Å². The molecule has 1 heterocycles. The molecule has 0 N–H and O–H groups in total. The zero-order chi connectivity index (χ0) is 13.5. The summed E-state index contributed by atoms with van der Waals surface area (Å²) in [6.07, 6.45) is 3.20. The van der Waals surface area contributed by atoms with Gasteiger partial charge in [0, 0.05) is 18.6 Å². The minimum atomic E-state index is -0.372. The van der Waals surface area contributed by atoms with Crippen LogP contribution in [0.2, 0.25) is 0 Å². The van der Waals surface area contributed by atoms with Gasteiger partial charge in [0.05, 0.1) is 18.6 Å². The van der Waals surface area contributed by atoms with Crippen molar-refractivity contribution in [1.29, 1.82) is 0 Å². The van der Waals surface area contributed by atoms with Crippen molar-refractivity contribution < 1.29 is 13.9 Å². The molecule has 1 aliphatic rings. The molecule has 2 nitrogen and oxygen atoms in total. The van der Waals surface area contributed by atoms with Crippen molar-refractivity contribution >= 4 is 11.6 Å². The largest absolute Gasteiger partial charge is 0.490 e. The van der Waals surface area contributed by atoms with E-state index in [2.05, 4.69) is 11.8 Å². The van der Waals surface area contributed by atoms with Crippen molar-refractivity contribution in [3.63, 3.8) is 0 Å². The van der Waals surface area contributed by atoms with Gasteiger partial charge in [-0.3, -0.25) is 0 Å². The van der Waals surface area contributed by atoms with Gasteiger partial charge in [-0.25, -0.2) is 4.39 Å². The van der Waals surface area contributed by atoms with Crippen LogP contribution in [0.15, 0.2) is 18.2 Å². The lowest BCUT2D eigenvalue weighted by Crippen LogP contribution is -2.11. The average Bonchev–Trinajstić information content (AvgIpc) is 2.92. The molecule has 2 rings (SSSR count). The summed E-state index contributed by atoms with van der Waals surface area (Å²) in [7, 11) is 0. The Morgan fingerprint density at radius 2 is 2.37 bits per heavy atom. The SMILES string of the molecule is Fc1ccc(C#CCCl)cc1OCCC1CCCO1. The first kappa shape index (κ1) is 14.2. The number of halogens is 2. The summed E-state index contributed by atoms with van der Waals surface area (Å²) in [5.74, 6) is 5.69. The summed E-state index contributed by atoms with van der Waals surface area (Å²) < 4.78 is 24.5. The Kier molecular flexibility index (Phi) is 5.50. The molecule has 1 aromatic carbocycles. The fourth-order valence-corrected chi connectivity index (χ4v) is 2.07.